The van der Waals surface area contributed by atoms with Gasteiger partial charge in [-0.15, -0.1) is 0 Å². The van der Waals surface area contributed by atoms with Gasteiger partial charge in [0.1, 0.15) is 0 Å². The summed E-state index contributed by atoms with van der Waals surface area (Å²) in [6.07, 6.45) is 0. The van der Waals surface area contributed by atoms with E-state index >= 15 is 4.57 Å². The Morgan fingerprint density at radius 2 is 0.935 bits per heavy atom. The zero-order valence-electron chi connectivity index (χ0n) is 34.6. The van der Waals surface area contributed by atoms with Crippen LogP contribution in [-0.2, 0) is 9.98 Å². The Bertz CT molecular complexity index is 3130. The number of para-hydroxylation sites is 2. The molecule has 0 fully saturated rings. The quantitative estimate of drug-likeness (QED) is 0.143. The normalized spacial score (nSPS) is 15.8. The Labute approximate surface area is 364 Å². The lowest BCUT2D eigenvalue weighted by Gasteiger charge is -2.33. The van der Waals surface area contributed by atoms with Gasteiger partial charge in [-0.3, -0.25) is 13.9 Å². The second-order valence-corrected chi connectivity index (χ2v) is 19.0. The van der Waals surface area contributed by atoms with Crippen LogP contribution in [0.4, 0.5) is 39.8 Å². The molecule has 1 atom stereocenters. The number of hydrogen-bond acceptors (Lipinski definition) is 2. The fourth-order valence-electron chi connectivity index (χ4n) is 9.62. The molecule has 11 rings (SSSR count). The number of rotatable bonds is 8. The van der Waals surface area contributed by atoms with Crippen molar-refractivity contribution in [1.82, 2.24) is 0 Å². The summed E-state index contributed by atoms with van der Waals surface area (Å²) in [5, 5.41) is 0.768. The molecule has 0 spiro atoms. The van der Waals surface area contributed by atoms with E-state index in [1.807, 2.05) is 78.9 Å². The third kappa shape index (κ3) is 6.02. The second-order valence-electron chi connectivity index (χ2n) is 16.5. The summed E-state index contributed by atoms with van der Waals surface area (Å²) in [6.45, 7) is 4.67. The van der Waals surface area contributed by atoms with Crippen LogP contribution in [0.25, 0.3) is 33.4 Å². The predicted octanol–water partition coefficient (Wildman–Crippen LogP) is 15.6. The lowest BCUT2D eigenvalue weighted by molar-refractivity contribution is 0.582. The molecule has 1 aliphatic heterocycles. The fraction of sp³-hybridized carbons (Fsp3) is 0.0526. The molecule has 5 heteroatoms. The highest BCUT2D eigenvalue weighted by atomic mass is 31.2. The van der Waals surface area contributed by atoms with E-state index in [1.54, 1.807) is 0 Å². The molecule has 62 heavy (non-hydrogen) atoms. The maximum absolute atomic E-state index is 16.1. The molecule has 9 aromatic rings. The minimum Gasteiger partial charge on any atom is -0.310 e. The summed E-state index contributed by atoms with van der Waals surface area (Å²) in [5.41, 5.74) is 16.4. The Kier molecular flexibility index (Phi) is 9.07. The van der Waals surface area contributed by atoms with Crippen LogP contribution >= 0.6 is 7.44 Å². The van der Waals surface area contributed by atoms with Crippen LogP contribution in [0, 0.1) is 0 Å². The van der Waals surface area contributed by atoms with Crippen molar-refractivity contribution in [1.29, 1.82) is 0 Å². The number of anilines is 7. The Hall–Kier alpha value is -7.39. The number of hydrogen-bond donors (Lipinski definition) is 0. The van der Waals surface area contributed by atoms with Crippen LogP contribution in [-0.4, -0.2) is 0 Å². The molecule has 9 aromatic carbocycles. The Morgan fingerprint density at radius 1 is 0.419 bits per heavy atom. The van der Waals surface area contributed by atoms with Crippen molar-refractivity contribution in [2.45, 2.75) is 19.3 Å². The van der Waals surface area contributed by atoms with E-state index in [4.69, 9.17) is 0 Å². The van der Waals surface area contributed by atoms with Gasteiger partial charge in [-0.05, 0) is 118 Å². The molecular formula is C57H44N3OP. The van der Waals surface area contributed by atoms with Gasteiger partial charge in [0.15, 0.2) is 0 Å². The molecular weight excluding hydrogens is 774 g/mol. The first-order chi connectivity index (χ1) is 30.4. The van der Waals surface area contributed by atoms with Crippen LogP contribution in [0.15, 0.2) is 231 Å². The highest BCUT2D eigenvalue weighted by molar-refractivity contribution is 7.76. The average molecular weight is 818 g/mol. The molecule has 0 aromatic heterocycles. The summed E-state index contributed by atoms with van der Waals surface area (Å²) >= 11 is 0. The topological polar surface area (TPSA) is 26.8 Å². The van der Waals surface area contributed by atoms with Crippen LogP contribution in [0.5, 0.6) is 0 Å². The van der Waals surface area contributed by atoms with Gasteiger partial charge in [-0.25, -0.2) is 0 Å². The van der Waals surface area contributed by atoms with Gasteiger partial charge in [-0.2, -0.15) is 0 Å². The van der Waals surface area contributed by atoms with Crippen LogP contribution < -0.4 is 19.5 Å². The third-order valence-electron chi connectivity index (χ3n) is 12.6. The third-order valence-corrected chi connectivity index (χ3v) is 15.5. The van der Waals surface area contributed by atoms with E-state index in [2.05, 4.69) is 180 Å². The molecule has 1 heterocycles. The van der Waals surface area contributed by atoms with E-state index in [0.29, 0.717) is 0 Å². The van der Waals surface area contributed by atoms with Crippen molar-refractivity contribution in [2.75, 3.05) is 14.2 Å². The summed E-state index contributed by atoms with van der Waals surface area (Å²) < 4.78 is 20.3. The average Bonchev–Trinajstić information content (AvgIpc) is 3.74. The zero-order chi connectivity index (χ0) is 41.8. The molecule has 2 aliphatic rings. The lowest BCUT2D eigenvalue weighted by atomic mass is 9.82. The smallest absolute Gasteiger partial charge is 0.301 e. The summed E-state index contributed by atoms with van der Waals surface area (Å²) in [5.74, 6) is 0. The maximum Gasteiger partial charge on any atom is 0.301 e. The first-order valence-corrected chi connectivity index (χ1v) is 22.8. The number of benzene rings is 9. The monoisotopic (exact) mass is 817 g/mol. The summed E-state index contributed by atoms with van der Waals surface area (Å²) in [7, 11) is -3.47. The van der Waals surface area contributed by atoms with Crippen molar-refractivity contribution in [3.05, 3.63) is 242 Å². The van der Waals surface area contributed by atoms with E-state index < -0.39 is 7.44 Å². The van der Waals surface area contributed by atoms with Crippen molar-refractivity contribution in [2.24, 2.45) is 0 Å². The molecule has 1 unspecified atom stereocenters. The molecule has 0 radical (unpaired) electrons. The minimum atomic E-state index is -3.47. The van der Waals surface area contributed by atoms with Crippen LogP contribution in [0.3, 0.4) is 0 Å². The van der Waals surface area contributed by atoms with Gasteiger partial charge >= 0.3 is 7.44 Å². The largest absolute Gasteiger partial charge is 0.310 e. The standard InChI is InChI=1S/C57H44N3OP/c1-57(2)51-30-16-15-29-50(51)56-52(57)31-18-32-54(56)58(48-26-17-21-43(39-48)41-19-7-3-8-20-41)45-36-33-42(34-37-45)44-35-38-53-55(40-44)60(47-24-11-5-12-25-47)62(61,49-27-13-6-14-28-49)59(53)46-22-9-4-10-23-46/h3-40H,1-2H3. The molecule has 0 amide bonds. The van der Waals surface area contributed by atoms with Crippen molar-refractivity contribution < 1.29 is 4.57 Å². The highest BCUT2D eigenvalue weighted by Gasteiger charge is 2.49. The maximum atomic E-state index is 16.1. The van der Waals surface area contributed by atoms with E-state index in [1.165, 1.54) is 27.8 Å². The molecule has 0 saturated heterocycles. The zero-order valence-corrected chi connectivity index (χ0v) is 35.5. The van der Waals surface area contributed by atoms with Crippen molar-refractivity contribution in [3.8, 4) is 33.4 Å². The molecule has 298 valence electrons. The van der Waals surface area contributed by atoms with Gasteiger partial charge in [0.05, 0.1) is 22.4 Å². The van der Waals surface area contributed by atoms with E-state index in [9.17, 15) is 0 Å². The van der Waals surface area contributed by atoms with Gasteiger partial charge in [0.2, 0.25) is 0 Å². The first-order valence-electron chi connectivity index (χ1n) is 21.2. The van der Waals surface area contributed by atoms with Gasteiger partial charge in [0.25, 0.3) is 0 Å². The van der Waals surface area contributed by atoms with Gasteiger partial charge < -0.3 is 4.90 Å². The number of fused-ring (bicyclic) bond motifs is 4. The molecule has 0 saturated carbocycles. The predicted molar refractivity (Wildman–Crippen MR) is 260 cm³/mol. The summed E-state index contributed by atoms with van der Waals surface area (Å²) in [6, 6.07) is 80.7. The SMILES string of the molecule is CC1(C)c2ccccc2-c2c(N(c3ccc(-c4ccc5c(c4)N(c4ccccc4)P(=O)(c4ccccc4)N5c4ccccc4)cc3)c3cccc(-c4ccccc4)c3)cccc21. The van der Waals surface area contributed by atoms with E-state index in [0.717, 1.165) is 61.8 Å². The number of nitrogens with zero attached hydrogens (tertiary/aromatic N) is 3. The first kappa shape index (κ1) is 37.6. The fourth-order valence-corrected chi connectivity index (χ4v) is 12.6. The van der Waals surface area contributed by atoms with Gasteiger partial charge in [-0.1, -0.05) is 166 Å². The van der Waals surface area contributed by atoms with Gasteiger partial charge in [0, 0.05) is 33.7 Å². The molecule has 4 nitrogen and oxygen atoms in total. The van der Waals surface area contributed by atoms with Crippen molar-refractivity contribution in [3.63, 3.8) is 0 Å². The molecule has 0 bridgehead atoms. The lowest BCUT2D eigenvalue weighted by Crippen LogP contribution is -2.26. The summed E-state index contributed by atoms with van der Waals surface area (Å²) in [4.78, 5) is 2.42. The van der Waals surface area contributed by atoms with Crippen molar-refractivity contribution >= 4 is 52.6 Å². The molecule has 1 aliphatic carbocycles. The second kappa shape index (κ2) is 15.0. The Balaban J connectivity index is 1.06. The van der Waals surface area contributed by atoms with Crippen LogP contribution in [0.1, 0.15) is 25.0 Å². The molecule has 0 N–H and O–H groups in total. The van der Waals surface area contributed by atoms with E-state index in [-0.39, 0.29) is 5.41 Å². The highest BCUT2D eigenvalue weighted by Crippen LogP contribution is 2.70. The Morgan fingerprint density at radius 3 is 1.63 bits per heavy atom. The minimum absolute atomic E-state index is 0.134. The van der Waals surface area contributed by atoms with Crippen LogP contribution in [0.2, 0.25) is 0 Å².